The molecule has 4 heterocycles. The van der Waals surface area contributed by atoms with Gasteiger partial charge in [-0.15, -0.1) is 0 Å². The van der Waals surface area contributed by atoms with Crippen molar-refractivity contribution in [3.8, 4) is 17.1 Å². The SMILES string of the molecule is COc1cc(C(C)(F)C(=O)N2CC[C@H](Nc3ccc(-c4cn(C)c(C(F)F)n4)c(C)n3)C2)ccn1. The fraction of sp³-hybridized carbons (Fsp3) is 0.417. The van der Waals surface area contributed by atoms with E-state index in [9.17, 15) is 13.6 Å². The molecule has 3 aromatic rings. The maximum absolute atomic E-state index is 15.5. The summed E-state index contributed by atoms with van der Waals surface area (Å²) in [4.78, 5) is 27.0. The van der Waals surface area contributed by atoms with E-state index in [-0.39, 0.29) is 23.3 Å². The predicted molar refractivity (Wildman–Crippen MR) is 124 cm³/mol. The van der Waals surface area contributed by atoms with Crippen LogP contribution in [0.2, 0.25) is 0 Å². The van der Waals surface area contributed by atoms with Crippen molar-refractivity contribution in [2.24, 2.45) is 7.05 Å². The molecule has 1 N–H and O–H groups in total. The molecule has 1 aliphatic heterocycles. The highest BCUT2D eigenvalue weighted by molar-refractivity contribution is 5.86. The number of pyridine rings is 2. The van der Waals surface area contributed by atoms with Gasteiger partial charge in [-0.2, -0.15) is 0 Å². The van der Waals surface area contributed by atoms with Gasteiger partial charge in [0.25, 0.3) is 12.3 Å². The lowest BCUT2D eigenvalue weighted by atomic mass is 9.97. The zero-order valence-corrected chi connectivity index (χ0v) is 19.9. The van der Waals surface area contributed by atoms with E-state index in [2.05, 4.69) is 20.3 Å². The number of methoxy groups -OCH3 is 1. The van der Waals surface area contributed by atoms with Crippen molar-refractivity contribution < 1.29 is 22.7 Å². The second-order valence-corrected chi connectivity index (χ2v) is 8.70. The first-order valence-electron chi connectivity index (χ1n) is 11.1. The number of aryl methyl sites for hydroxylation is 2. The normalized spacial score (nSPS) is 17.5. The smallest absolute Gasteiger partial charge is 0.295 e. The van der Waals surface area contributed by atoms with Crippen LogP contribution in [-0.4, -0.2) is 56.6 Å². The van der Waals surface area contributed by atoms with E-state index in [0.29, 0.717) is 42.3 Å². The Morgan fingerprint density at radius 1 is 1.29 bits per heavy atom. The molecule has 35 heavy (non-hydrogen) atoms. The van der Waals surface area contributed by atoms with E-state index in [4.69, 9.17) is 4.74 Å². The molecule has 2 atom stereocenters. The van der Waals surface area contributed by atoms with Gasteiger partial charge in [-0.3, -0.25) is 4.79 Å². The summed E-state index contributed by atoms with van der Waals surface area (Å²) in [7, 11) is 2.96. The number of nitrogens with zero attached hydrogens (tertiary/aromatic N) is 5. The Kier molecular flexibility index (Phi) is 6.68. The summed E-state index contributed by atoms with van der Waals surface area (Å²) < 4.78 is 48.0. The Labute approximate surface area is 201 Å². The van der Waals surface area contributed by atoms with Crippen LogP contribution < -0.4 is 10.1 Å². The molecule has 3 aromatic heterocycles. The molecule has 0 aliphatic carbocycles. The molecule has 1 amide bonds. The number of carbonyl (C=O) groups excluding carboxylic acids is 1. The van der Waals surface area contributed by atoms with Gasteiger partial charge in [0.15, 0.2) is 5.82 Å². The van der Waals surface area contributed by atoms with Crippen LogP contribution in [0.25, 0.3) is 11.3 Å². The van der Waals surface area contributed by atoms with Crippen LogP contribution in [0.3, 0.4) is 0 Å². The van der Waals surface area contributed by atoms with Crippen LogP contribution in [0.15, 0.2) is 36.7 Å². The second-order valence-electron chi connectivity index (χ2n) is 8.70. The molecule has 0 bridgehead atoms. The number of rotatable bonds is 7. The lowest BCUT2D eigenvalue weighted by Gasteiger charge is -2.26. The number of hydrogen-bond donors (Lipinski definition) is 1. The number of carbonyl (C=O) groups is 1. The molecule has 8 nitrogen and oxygen atoms in total. The van der Waals surface area contributed by atoms with Crippen molar-refractivity contribution in [3.63, 3.8) is 0 Å². The molecule has 0 spiro atoms. The van der Waals surface area contributed by atoms with Crippen LogP contribution in [0.5, 0.6) is 5.88 Å². The molecule has 0 radical (unpaired) electrons. The Morgan fingerprint density at radius 3 is 2.71 bits per heavy atom. The van der Waals surface area contributed by atoms with Gasteiger partial charge in [-0.05, 0) is 38.5 Å². The highest BCUT2D eigenvalue weighted by Crippen LogP contribution is 2.32. The number of likely N-dealkylation sites (tertiary alicyclic amines) is 1. The van der Waals surface area contributed by atoms with E-state index in [1.807, 2.05) is 0 Å². The van der Waals surface area contributed by atoms with Gasteiger partial charge < -0.3 is 19.5 Å². The Balaban J connectivity index is 1.43. The Morgan fingerprint density at radius 2 is 2.06 bits per heavy atom. The van der Waals surface area contributed by atoms with Crippen molar-refractivity contribution in [1.82, 2.24) is 24.4 Å². The van der Waals surface area contributed by atoms with Gasteiger partial charge in [0.2, 0.25) is 11.5 Å². The summed E-state index contributed by atoms with van der Waals surface area (Å²) in [6.07, 6.45) is 0.917. The first-order chi connectivity index (χ1) is 16.6. The van der Waals surface area contributed by atoms with Crippen molar-refractivity contribution in [3.05, 3.63) is 53.7 Å². The van der Waals surface area contributed by atoms with Gasteiger partial charge in [0.05, 0.1) is 12.8 Å². The number of hydrogen-bond acceptors (Lipinski definition) is 6. The lowest BCUT2D eigenvalue weighted by molar-refractivity contribution is -0.142. The van der Waals surface area contributed by atoms with Crippen LogP contribution in [-0.2, 0) is 17.5 Å². The predicted octanol–water partition coefficient (Wildman–Crippen LogP) is 4.03. The summed E-state index contributed by atoms with van der Waals surface area (Å²) in [5, 5.41) is 3.29. The Bertz CT molecular complexity index is 1230. The van der Waals surface area contributed by atoms with Crippen molar-refractivity contribution in [2.45, 2.75) is 38.4 Å². The second kappa shape index (κ2) is 9.55. The highest BCUT2D eigenvalue weighted by atomic mass is 19.3. The van der Waals surface area contributed by atoms with Crippen molar-refractivity contribution in [1.29, 1.82) is 0 Å². The quantitative estimate of drug-likeness (QED) is 0.541. The fourth-order valence-electron chi connectivity index (χ4n) is 4.23. The standard InChI is InChI=1S/C24H27F3N6O2/c1-14-17(18-13-32(3)22(31-18)21(25)26)5-6-19(29-14)30-16-8-10-33(12-16)23(34)24(2,27)15-7-9-28-20(11-15)35-4/h5-7,9,11,13,16,21H,8,10,12H2,1-4H3,(H,29,30)/t16-,24?/m0/s1. The molecule has 186 valence electrons. The van der Waals surface area contributed by atoms with Gasteiger partial charge in [0, 0.05) is 61.5 Å². The number of nitrogens with one attached hydrogen (secondary N) is 1. The first kappa shape index (κ1) is 24.5. The third-order valence-electron chi connectivity index (χ3n) is 6.18. The number of imidazole rings is 1. The molecular weight excluding hydrogens is 461 g/mol. The summed E-state index contributed by atoms with van der Waals surface area (Å²) in [5.41, 5.74) is -0.332. The van der Waals surface area contributed by atoms with Crippen LogP contribution in [0.4, 0.5) is 19.0 Å². The monoisotopic (exact) mass is 488 g/mol. The third kappa shape index (κ3) is 4.94. The number of ether oxygens (including phenoxy) is 1. The maximum Gasteiger partial charge on any atom is 0.295 e. The molecule has 1 unspecified atom stereocenters. The summed E-state index contributed by atoms with van der Waals surface area (Å²) >= 11 is 0. The summed E-state index contributed by atoms with van der Waals surface area (Å²) in [5.74, 6) is -0.111. The number of halogens is 3. The topological polar surface area (TPSA) is 85.2 Å². The average Bonchev–Trinajstić information content (AvgIpc) is 3.45. The van der Waals surface area contributed by atoms with E-state index in [0.717, 1.165) is 0 Å². The minimum absolute atomic E-state index is 0.111. The Hall–Kier alpha value is -3.63. The van der Waals surface area contributed by atoms with Crippen LogP contribution >= 0.6 is 0 Å². The van der Waals surface area contributed by atoms with Gasteiger partial charge in [-0.25, -0.2) is 28.1 Å². The van der Waals surface area contributed by atoms with Crippen molar-refractivity contribution >= 4 is 11.7 Å². The van der Waals surface area contributed by atoms with E-state index < -0.39 is 18.0 Å². The highest BCUT2D eigenvalue weighted by Gasteiger charge is 2.41. The van der Waals surface area contributed by atoms with Gasteiger partial charge >= 0.3 is 0 Å². The van der Waals surface area contributed by atoms with Crippen molar-refractivity contribution in [2.75, 3.05) is 25.5 Å². The molecule has 0 aromatic carbocycles. The fourth-order valence-corrected chi connectivity index (χ4v) is 4.23. The molecule has 4 rings (SSSR count). The molecule has 1 aliphatic rings. The zero-order chi connectivity index (χ0) is 25.3. The first-order valence-corrected chi connectivity index (χ1v) is 11.1. The number of alkyl halides is 3. The summed E-state index contributed by atoms with van der Waals surface area (Å²) in [6.45, 7) is 3.74. The van der Waals surface area contributed by atoms with E-state index in [1.54, 1.807) is 25.3 Å². The van der Waals surface area contributed by atoms with Gasteiger partial charge in [0.1, 0.15) is 5.82 Å². The number of aromatic nitrogens is 4. The average molecular weight is 489 g/mol. The van der Waals surface area contributed by atoms with E-state index >= 15 is 4.39 Å². The lowest BCUT2D eigenvalue weighted by Crippen LogP contribution is -2.42. The molecule has 11 heteroatoms. The van der Waals surface area contributed by atoms with Crippen LogP contribution in [0, 0.1) is 6.92 Å². The number of amides is 1. The molecule has 1 saturated heterocycles. The molecule has 0 saturated carbocycles. The largest absolute Gasteiger partial charge is 0.481 e. The van der Waals surface area contributed by atoms with Gasteiger partial charge in [-0.1, -0.05) is 0 Å². The van der Waals surface area contributed by atoms with E-state index in [1.165, 1.54) is 48.9 Å². The van der Waals surface area contributed by atoms with Crippen LogP contribution in [0.1, 0.15) is 36.9 Å². The number of anilines is 1. The third-order valence-corrected chi connectivity index (χ3v) is 6.18. The molecular formula is C24H27F3N6O2. The zero-order valence-electron chi connectivity index (χ0n) is 19.9. The summed E-state index contributed by atoms with van der Waals surface area (Å²) in [6, 6.07) is 6.29. The molecule has 1 fully saturated rings. The minimum Gasteiger partial charge on any atom is -0.481 e. The minimum atomic E-state index is -2.66. The maximum atomic E-state index is 15.5.